The summed E-state index contributed by atoms with van der Waals surface area (Å²) in [5.74, 6) is -0.555. The van der Waals surface area contributed by atoms with E-state index >= 15 is 0 Å². The van der Waals surface area contributed by atoms with Crippen LogP contribution in [0.15, 0.2) is 38.4 Å². The first-order valence-electron chi connectivity index (χ1n) is 15.1. The van der Waals surface area contributed by atoms with E-state index in [1.54, 1.807) is 9.47 Å². The average molecular weight is 691 g/mol. The van der Waals surface area contributed by atoms with E-state index in [1.165, 1.54) is 11.8 Å². The lowest BCUT2D eigenvalue weighted by Crippen LogP contribution is -2.51. The molecule has 254 valence electrons. The molecular formula is C30H30ClF3N8O6. The number of aromatic nitrogens is 5. The zero-order chi connectivity index (χ0) is 34.3. The second kappa shape index (κ2) is 13.0. The van der Waals surface area contributed by atoms with E-state index in [9.17, 15) is 32.3 Å². The number of halogens is 4. The summed E-state index contributed by atoms with van der Waals surface area (Å²) in [6.07, 6.45) is -1.99. The van der Waals surface area contributed by atoms with E-state index < -0.39 is 34.7 Å². The summed E-state index contributed by atoms with van der Waals surface area (Å²) in [6, 6.07) is 2.61. The van der Waals surface area contributed by atoms with Crippen molar-refractivity contribution in [1.82, 2.24) is 29.2 Å². The molecule has 0 spiro atoms. The van der Waals surface area contributed by atoms with Gasteiger partial charge in [-0.25, -0.2) is 0 Å². The zero-order valence-corrected chi connectivity index (χ0v) is 26.6. The molecule has 2 aliphatic rings. The summed E-state index contributed by atoms with van der Waals surface area (Å²) >= 11 is 6.09. The number of benzene rings is 1. The third kappa shape index (κ3) is 6.22. The molecule has 14 nitrogen and oxygen atoms in total. The zero-order valence-electron chi connectivity index (χ0n) is 25.8. The number of rotatable bonds is 7. The molecule has 1 fully saturated rings. The highest BCUT2D eigenvalue weighted by Crippen LogP contribution is 2.34. The van der Waals surface area contributed by atoms with Crippen molar-refractivity contribution >= 4 is 46.1 Å². The van der Waals surface area contributed by atoms with E-state index in [2.05, 4.69) is 20.6 Å². The number of H-pyrrole nitrogens is 1. The van der Waals surface area contributed by atoms with Gasteiger partial charge in [0.2, 0.25) is 11.7 Å². The molecule has 48 heavy (non-hydrogen) atoms. The number of piperazine rings is 1. The number of ether oxygens (including phenoxy) is 1. The molecule has 2 amide bonds. The highest BCUT2D eigenvalue weighted by molar-refractivity contribution is 6.33. The maximum Gasteiger partial charge on any atom is 0.416 e. The minimum absolute atomic E-state index is 0.0213. The molecule has 0 bridgehead atoms. The fourth-order valence-electron chi connectivity index (χ4n) is 5.85. The molecular weight excluding hydrogens is 661 g/mol. The lowest BCUT2D eigenvalue weighted by atomic mass is 10.1. The third-order valence-electron chi connectivity index (χ3n) is 8.26. The Balaban J connectivity index is 1.36. The Morgan fingerprint density at radius 3 is 2.50 bits per heavy atom. The predicted molar refractivity (Wildman–Crippen MR) is 167 cm³/mol. The van der Waals surface area contributed by atoms with Crippen molar-refractivity contribution in [2.75, 3.05) is 49.6 Å². The molecule has 0 radical (unpaired) electrons. The Labute approximate surface area is 274 Å². The number of hydrogen-bond donors (Lipinski definition) is 2. The molecule has 1 saturated heterocycles. The quantitative estimate of drug-likeness (QED) is 0.297. The van der Waals surface area contributed by atoms with Crippen molar-refractivity contribution in [3.05, 3.63) is 78.4 Å². The van der Waals surface area contributed by atoms with Crippen LogP contribution in [0.2, 0.25) is 5.02 Å². The van der Waals surface area contributed by atoms with E-state index in [1.807, 2.05) is 13.0 Å². The van der Waals surface area contributed by atoms with Gasteiger partial charge in [-0.15, -0.1) is 5.10 Å². The molecule has 4 aromatic rings. The van der Waals surface area contributed by atoms with Crippen LogP contribution in [0.3, 0.4) is 0 Å². The fraction of sp³-hybridized carbons (Fsp3) is 0.400. The second-order valence-corrected chi connectivity index (χ2v) is 11.6. The van der Waals surface area contributed by atoms with Crippen molar-refractivity contribution in [3.63, 3.8) is 0 Å². The van der Waals surface area contributed by atoms with Crippen LogP contribution in [0.1, 0.15) is 46.5 Å². The van der Waals surface area contributed by atoms with Gasteiger partial charge in [0.15, 0.2) is 5.82 Å². The maximum absolute atomic E-state index is 14.1. The summed E-state index contributed by atoms with van der Waals surface area (Å²) in [5, 5.41) is 8.94. The molecule has 0 aliphatic carbocycles. The smallest absolute Gasteiger partial charge is 0.383 e. The Kier molecular flexibility index (Phi) is 8.91. The van der Waals surface area contributed by atoms with Crippen LogP contribution in [0, 0.1) is 6.92 Å². The molecule has 1 aromatic carbocycles. The second-order valence-electron chi connectivity index (χ2n) is 11.2. The van der Waals surface area contributed by atoms with Crippen LogP contribution in [-0.2, 0) is 28.7 Å². The first-order chi connectivity index (χ1) is 22.9. The van der Waals surface area contributed by atoms with Gasteiger partial charge in [0, 0.05) is 26.2 Å². The van der Waals surface area contributed by atoms with Gasteiger partial charge in [0.25, 0.3) is 17.0 Å². The highest BCUT2D eigenvalue weighted by Gasteiger charge is 2.32. The molecule has 2 N–H and O–H groups in total. The van der Waals surface area contributed by atoms with Gasteiger partial charge in [-0.1, -0.05) is 24.6 Å². The van der Waals surface area contributed by atoms with Gasteiger partial charge < -0.3 is 28.9 Å². The topological polar surface area (TPSA) is 160 Å². The van der Waals surface area contributed by atoms with Crippen LogP contribution in [0.25, 0.3) is 11.4 Å². The molecule has 2 aliphatic heterocycles. The number of nitrogens with one attached hydrogen (secondary N) is 2. The number of aryl methyl sites for hydroxylation is 1. The van der Waals surface area contributed by atoms with Gasteiger partial charge in [0.05, 0.1) is 35.2 Å². The molecule has 0 saturated carbocycles. The standard InChI is InChI=1S/C30H30ClF3N8O6/c1-3-21-24(39-8-10-40(11-9-39)27(45)23-16(2)48-38-26(23)44)28(46)42-29(36-25(37-42)17-6-12-47-13-7-17)41(21)15-22(43)35-20-5-4-18(14-19(20)31)30(32,33)34/h4-6,14H,3,7-13,15H2,1-2H3,(H,35,43)(H,38,44). The fourth-order valence-corrected chi connectivity index (χ4v) is 6.07. The van der Waals surface area contributed by atoms with E-state index in [-0.39, 0.29) is 72.6 Å². The Bertz CT molecular complexity index is 2060. The Hall–Kier alpha value is -4.90. The van der Waals surface area contributed by atoms with Gasteiger partial charge in [-0.05, 0) is 43.5 Å². The first-order valence-corrected chi connectivity index (χ1v) is 15.4. The number of fused-ring (bicyclic) bond motifs is 1. The first kappa shape index (κ1) is 33.0. The van der Waals surface area contributed by atoms with Crippen molar-refractivity contribution in [2.24, 2.45) is 0 Å². The van der Waals surface area contributed by atoms with E-state index in [4.69, 9.17) is 20.9 Å². The SMILES string of the molecule is CCc1c(N2CCN(C(=O)c3c(C)o[nH]c3=O)CC2)c(=O)n2nc(C3=CCOCC3)nc2n1CC(=O)Nc1ccc(C(F)(F)F)cc1Cl. The van der Waals surface area contributed by atoms with Crippen LogP contribution in [0.4, 0.5) is 24.5 Å². The number of aromatic amines is 1. The largest absolute Gasteiger partial charge is 0.416 e. The Morgan fingerprint density at radius 1 is 1.15 bits per heavy atom. The third-order valence-corrected chi connectivity index (χ3v) is 8.57. The van der Waals surface area contributed by atoms with Gasteiger partial charge in [0.1, 0.15) is 23.6 Å². The minimum atomic E-state index is -4.61. The minimum Gasteiger partial charge on any atom is -0.383 e. The number of carbonyl (C=O) groups is 2. The lowest BCUT2D eigenvalue weighted by Gasteiger charge is -2.36. The average Bonchev–Trinajstić information content (AvgIpc) is 3.66. The summed E-state index contributed by atoms with van der Waals surface area (Å²) < 4.78 is 52.5. The Morgan fingerprint density at radius 2 is 1.90 bits per heavy atom. The van der Waals surface area contributed by atoms with Crippen molar-refractivity contribution in [2.45, 2.75) is 39.4 Å². The van der Waals surface area contributed by atoms with Crippen LogP contribution in [-0.4, -0.2) is 80.4 Å². The molecule has 3 aromatic heterocycles. The van der Waals surface area contributed by atoms with Crippen molar-refractivity contribution in [3.8, 4) is 0 Å². The summed E-state index contributed by atoms with van der Waals surface area (Å²) in [7, 11) is 0. The number of amides is 2. The monoisotopic (exact) mass is 690 g/mol. The molecule has 18 heteroatoms. The molecule has 5 heterocycles. The normalized spacial score (nSPS) is 15.6. The lowest BCUT2D eigenvalue weighted by molar-refractivity contribution is -0.137. The molecule has 6 rings (SSSR count). The summed E-state index contributed by atoms with van der Waals surface area (Å²) in [5.41, 5.74) is -0.678. The molecule has 0 atom stereocenters. The van der Waals surface area contributed by atoms with Gasteiger partial charge in [-0.2, -0.15) is 27.8 Å². The number of carbonyl (C=O) groups excluding carboxylic acids is 2. The van der Waals surface area contributed by atoms with E-state index in [0.29, 0.717) is 31.2 Å². The maximum atomic E-state index is 14.1. The van der Waals surface area contributed by atoms with Gasteiger partial charge in [-0.3, -0.25) is 19.2 Å². The number of hydrogen-bond acceptors (Lipinski definition) is 9. The van der Waals surface area contributed by atoms with Crippen molar-refractivity contribution < 1.29 is 32.0 Å². The summed E-state index contributed by atoms with van der Waals surface area (Å²) in [4.78, 5) is 60.7. The number of nitrogens with zero attached hydrogens (tertiary/aromatic N) is 6. The van der Waals surface area contributed by atoms with Crippen LogP contribution in [0.5, 0.6) is 0 Å². The summed E-state index contributed by atoms with van der Waals surface area (Å²) in [6.45, 7) is 4.57. The number of anilines is 2. The van der Waals surface area contributed by atoms with Gasteiger partial charge >= 0.3 is 6.18 Å². The van der Waals surface area contributed by atoms with E-state index in [0.717, 1.165) is 28.3 Å². The van der Waals surface area contributed by atoms with Crippen LogP contribution < -0.4 is 21.3 Å². The predicted octanol–water partition coefficient (Wildman–Crippen LogP) is 3.12. The molecule has 0 unspecified atom stereocenters. The van der Waals surface area contributed by atoms with Crippen LogP contribution >= 0.6 is 11.6 Å². The number of alkyl halides is 3. The van der Waals surface area contributed by atoms with Crippen molar-refractivity contribution in [1.29, 1.82) is 0 Å². The highest BCUT2D eigenvalue weighted by atomic mass is 35.5.